The van der Waals surface area contributed by atoms with Gasteiger partial charge in [0.25, 0.3) is 0 Å². The van der Waals surface area contributed by atoms with Gasteiger partial charge in [-0.15, -0.1) is 11.8 Å². The van der Waals surface area contributed by atoms with Gasteiger partial charge in [-0.05, 0) is 6.92 Å². The molecule has 3 unspecified atom stereocenters. The molecule has 0 aromatic carbocycles. The lowest BCUT2D eigenvalue weighted by molar-refractivity contribution is 0.596. The van der Waals surface area contributed by atoms with Crippen LogP contribution in [0, 0.1) is 12.7 Å². The quantitative estimate of drug-likeness (QED) is 0.734. The molecule has 2 heterocycles. The largest absolute Gasteiger partial charge is 0.234 e. The molecule has 0 N–H and O–H groups in total. The van der Waals surface area contributed by atoms with Gasteiger partial charge in [-0.1, -0.05) is 25.4 Å². The highest BCUT2D eigenvalue weighted by Gasteiger charge is 2.29. The lowest BCUT2D eigenvalue weighted by Crippen LogP contribution is -2.23. The van der Waals surface area contributed by atoms with Gasteiger partial charge in [-0.3, -0.25) is 0 Å². The van der Waals surface area contributed by atoms with Crippen molar-refractivity contribution >= 4 is 35.1 Å². The molecule has 6 heteroatoms. The fraction of sp³-hybridized carbons (Fsp3) is 0.636. The van der Waals surface area contributed by atoms with Gasteiger partial charge in [0, 0.05) is 16.3 Å². The first-order valence-electron chi connectivity index (χ1n) is 5.45. The highest BCUT2D eigenvalue weighted by atomic mass is 35.5. The van der Waals surface area contributed by atoms with Crippen LogP contribution in [-0.4, -0.2) is 26.2 Å². The number of nitrogens with zero attached hydrogens (tertiary/aromatic N) is 2. The summed E-state index contributed by atoms with van der Waals surface area (Å²) in [5, 5.41) is 1.33. The van der Waals surface area contributed by atoms with Gasteiger partial charge in [0.2, 0.25) is 0 Å². The van der Waals surface area contributed by atoms with E-state index < -0.39 is 5.82 Å². The lowest BCUT2D eigenvalue weighted by atomic mass is 10.3. The summed E-state index contributed by atoms with van der Waals surface area (Å²) in [7, 11) is 0. The van der Waals surface area contributed by atoms with Crippen molar-refractivity contribution in [2.45, 2.75) is 36.5 Å². The summed E-state index contributed by atoms with van der Waals surface area (Å²) in [6.07, 6.45) is 0. The first-order chi connectivity index (χ1) is 7.99. The average Bonchev–Trinajstić information content (AvgIpc) is 2.29. The van der Waals surface area contributed by atoms with Crippen LogP contribution in [0.4, 0.5) is 4.39 Å². The standard InChI is InChI=1S/C11H14ClFN2S2/c1-5-9(13)10(12)15-11(14-5)8-4-16-6(2)7(3)17-8/h6-8H,4H2,1-3H3. The van der Waals surface area contributed by atoms with Gasteiger partial charge >= 0.3 is 0 Å². The van der Waals surface area contributed by atoms with E-state index in [1.54, 1.807) is 6.92 Å². The van der Waals surface area contributed by atoms with E-state index in [0.29, 0.717) is 22.0 Å². The summed E-state index contributed by atoms with van der Waals surface area (Å²) < 4.78 is 13.3. The molecule has 3 atom stereocenters. The maximum Gasteiger partial charge on any atom is 0.181 e. The molecule has 1 saturated heterocycles. The zero-order valence-electron chi connectivity index (χ0n) is 9.91. The second kappa shape index (κ2) is 5.33. The highest BCUT2D eigenvalue weighted by Crippen LogP contribution is 2.43. The van der Waals surface area contributed by atoms with Gasteiger partial charge in [-0.2, -0.15) is 11.8 Å². The molecule has 0 bridgehead atoms. The fourth-order valence-electron chi connectivity index (χ4n) is 1.61. The Kier molecular flexibility index (Phi) is 4.21. The van der Waals surface area contributed by atoms with E-state index in [-0.39, 0.29) is 10.4 Å². The summed E-state index contributed by atoms with van der Waals surface area (Å²) in [6, 6.07) is 0. The second-order valence-corrected chi connectivity index (χ2v) is 7.49. The monoisotopic (exact) mass is 292 g/mol. The Balaban J connectivity index is 2.23. The Bertz CT molecular complexity index is 407. The molecule has 1 aromatic heterocycles. The minimum absolute atomic E-state index is 0.0654. The van der Waals surface area contributed by atoms with Crippen molar-refractivity contribution < 1.29 is 4.39 Å². The molecule has 0 saturated carbocycles. The van der Waals surface area contributed by atoms with Crippen LogP contribution in [0.25, 0.3) is 0 Å². The van der Waals surface area contributed by atoms with Gasteiger partial charge in [0.1, 0.15) is 5.82 Å². The maximum atomic E-state index is 13.3. The molecule has 17 heavy (non-hydrogen) atoms. The Labute approximate surface area is 114 Å². The smallest absolute Gasteiger partial charge is 0.181 e. The van der Waals surface area contributed by atoms with Crippen LogP contribution in [0.15, 0.2) is 0 Å². The van der Waals surface area contributed by atoms with E-state index in [9.17, 15) is 4.39 Å². The number of aromatic nitrogens is 2. The van der Waals surface area contributed by atoms with Crippen molar-refractivity contribution in [2.75, 3.05) is 5.75 Å². The Morgan fingerprint density at radius 2 is 2.00 bits per heavy atom. The molecular formula is C11H14ClFN2S2. The Hall–Kier alpha value is -0.000000000000000111. The molecule has 1 aliphatic heterocycles. The van der Waals surface area contributed by atoms with Crippen LogP contribution >= 0.6 is 35.1 Å². The normalized spacial score (nSPS) is 29.4. The Morgan fingerprint density at radius 3 is 2.59 bits per heavy atom. The number of rotatable bonds is 1. The maximum absolute atomic E-state index is 13.3. The molecule has 0 spiro atoms. The van der Waals surface area contributed by atoms with E-state index >= 15 is 0 Å². The zero-order chi connectivity index (χ0) is 12.6. The molecule has 0 aliphatic carbocycles. The van der Waals surface area contributed by atoms with Gasteiger partial charge < -0.3 is 0 Å². The molecule has 2 rings (SSSR count). The summed E-state index contributed by atoms with van der Waals surface area (Å²) in [5.41, 5.74) is 0.330. The van der Waals surface area contributed by atoms with E-state index in [1.165, 1.54) is 0 Å². The lowest BCUT2D eigenvalue weighted by Gasteiger charge is -2.30. The first kappa shape index (κ1) is 13.4. The molecular weight excluding hydrogens is 279 g/mol. The van der Waals surface area contributed by atoms with Gasteiger partial charge in [-0.25, -0.2) is 14.4 Å². The fourth-order valence-corrected chi connectivity index (χ4v) is 4.67. The average molecular weight is 293 g/mol. The Morgan fingerprint density at radius 1 is 1.29 bits per heavy atom. The summed E-state index contributed by atoms with van der Waals surface area (Å²) >= 11 is 9.51. The first-order valence-corrected chi connectivity index (χ1v) is 7.82. The van der Waals surface area contributed by atoms with Crippen molar-refractivity contribution in [3.05, 3.63) is 22.5 Å². The molecule has 2 nitrogen and oxygen atoms in total. The highest BCUT2D eigenvalue weighted by molar-refractivity contribution is 8.07. The third kappa shape index (κ3) is 2.88. The molecule has 1 aromatic rings. The third-order valence-corrected chi connectivity index (χ3v) is 6.47. The van der Waals surface area contributed by atoms with Crippen molar-refractivity contribution in [1.29, 1.82) is 0 Å². The van der Waals surface area contributed by atoms with Crippen LogP contribution in [0.5, 0.6) is 0 Å². The molecule has 1 aliphatic rings. The zero-order valence-corrected chi connectivity index (χ0v) is 12.3. The number of aryl methyl sites for hydroxylation is 1. The number of hydrogen-bond acceptors (Lipinski definition) is 4. The van der Waals surface area contributed by atoms with E-state index in [2.05, 4.69) is 23.8 Å². The summed E-state index contributed by atoms with van der Waals surface area (Å²) in [5.74, 6) is 1.10. The minimum Gasteiger partial charge on any atom is -0.234 e. The van der Waals surface area contributed by atoms with Crippen LogP contribution in [-0.2, 0) is 0 Å². The van der Waals surface area contributed by atoms with E-state index in [0.717, 1.165) is 5.75 Å². The van der Waals surface area contributed by atoms with Gasteiger partial charge in [0.15, 0.2) is 11.0 Å². The number of halogens is 2. The summed E-state index contributed by atoms with van der Waals surface area (Å²) in [4.78, 5) is 8.27. The molecule has 0 radical (unpaired) electrons. The van der Waals surface area contributed by atoms with Crippen LogP contribution < -0.4 is 0 Å². The van der Waals surface area contributed by atoms with Crippen molar-refractivity contribution in [2.24, 2.45) is 0 Å². The topological polar surface area (TPSA) is 25.8 Å². The second-order valence-electron chi connectivity index (χ2n) is 4.14. The van der Waals surface area contributed by atoms with E-state index in [1.807, 2.05) is 23.5 Å². The van der Waals surface area contributed by atoms with Gasteiger partial charge in [0.05, 0.1) is 10.9 Å². The van der Waals surface area contributed by atoms with Crippen molar-refractivity contribution in [3.63, 3.8) is 0 Å². The van der Waals surface area contributed by atoms with E-state index in [4.69, 9.17) is 11.6 Å². The third-order valence-electron chi connectivity index (χ3n) is 2.83. The number of hydrogen-bond donors (Lipinski definition) is 0. The minimum atomic E-state index is -0.509. The molecule has 94 valence electrons. The predicted octanol–water partition coefficient (Wildman–Crippen LogP) is 3.88. The predicted molar refractivity (Wildman–Crippen MR) is 73.5 cm³/mol. The van der Waals surface area contributed by atoms with Crippen LogP contribution in [0.2, 0.25) is 5.15 Å². The van der Waals surface area contributed by atoms with Crippen LogP contribution in [0.1, 0.15) is 30.6 Å². The van der Waals surface area contributed by atoms with Crippen molar-refractivity contribution in [1.82, 2.24) is 9.97 Å². The van der Waals surface area contributed by atoms with Crippen LogP contribution in [0.3, 0.4) is 0 Å². The molecule has 0 amide bonds. The van der Waals surface area contributed by atoms with Crippen molar-refractivity contribution in [3.8, 4) is 0 Å². The SMILES string of the molecule is Cc1nc(C2CSC(C)C(C)S2)nc(Cl)c1F. The number of thioether (sulfide) groups is 2. The molecule has 1 fully saturated rings. The summed E-state index contributed by atoms with van der Waals surface area (Å²) in [6.45, 7) is 6.05.